The van der Waals surface area contributed by atoms with Gasteiger partial charge in [-0.1, -0.05) is 11.6 Å². The third-order valence-electron chi connectivity index (χ3n) is 4.90. The van der Waals surface area contributed by atoms with Crippen LogP contribution in [0.1, 0.15) is 10.6 Å². The van der Waals surface area contributed by atoms with Crippen LogP contribution in [0.4, 0.5) is 5.69 Å². The summed E-state index contributed by atoms with van der Waals surface area (Å²) < 4.78 is 10.9. The summed E-state index contributed by atoms with van der Waals surface area (Å²) in [6.45, 7) is 0. The van der Waals surface area contributed by atoms with Gasteiger partial charge in [0.05, 0.1) is 12.8 Å². The zero-order valence-electron chi connectivity index (χ0n) is 16.9. The molecule has 158 valence electrons. The van der Waals surface area contributed by atoms with Crippen molar-refractivity contribution in [3.8, 4) is 22.8 Å². The van der Waals surface area contributed by atoms with E-state index in [1.54, 1.807) is 54.4 Å². The highest BCUT2D eigenvalue weighted by molar-refractivity contribution is 6.30. The van der Waals surface area contributed by atoms with E-state index >= 15 is 0 Å². The molecule has 0 bridgehead atoms. The number of furan rings is 1. The molecule has 1 amide bonds. The number of hydrogen-bond donors (Lipinski definition) is 1. The summed E-state index contributed by atoms with van der Waals surface area (Å²) in [4.78, 5) is 14.2. The second-order valence-corrected chi connectivity index (χ2v) is 7.45. The number of carbonyl (C=O) groups is 1. The Kier molecular flexibility index (Phi) is 5.09. The minimum absolute atomic E-state index is 0.205. The van der Waals surface area contributed by atoms with E-state index in [1.165, 1.54) is 0 Å². The fourth-order valence-electron chi connectivity index (χ4n) is 3.25. The molecule has 2 aromatic heterocycles. The van der Waals surface area contributed by atoms with E-state index in [0.29, 0.717) is 27.5 Å². The first-order valence-electron chi connectivity index (χ1n) is 9.78. The van der Waals surface area contributed by atoms with E-state index in [1.807, 2.05) is 36.4 Å². The lowest BCUT2D eigenvalue weighted by molar-refractivity contribution is 0.0997. The summed E-state index contributed by atoms with van der Waals surface area (Å²) >= 11 is 5.92. The van der Waals surface area contributed by atoms with Crippen LogP contribution in [-0.2, 0) is 0 Å². The molecule has 32 heavy (non-hydrogen) atoms. The largest absolute Gasteiger partial charge is 0.497 e. The standard InChI is InChI=1S/C24H17ClN4O3/c1-31-19-9-7-18(8-10-19)29-27-20-11-6-17(14-21(20)28-29)26-24(30)23-13-12-22(32-23)15-2-4-16(25)5-3-15/h2-14H,1H3,(H,26,30). The Balaban J connectivity index is 1.34. The maximum atomic E-state index is 12.7. The maximum absolute atomic E-state index is 12.7. The van der Waals surface area contributed by atoms with Crippen molar-refractivity contribution >= 4 is 34.2 Å². The molecule has 0 radical (unpaired) electrons. The highest BCUT2D eigenvalue weighted by Crippen LogP contribution is 2.25. The number of methoxy groups -OCH3 is 1. The maximum Gasteiger partial charge on any atom is 0.291 e. The lowest BCUT2D eigenvalue weighted by atomic mass is 10.2. The van der Waals surface area contributed by atoms with Crippen LogP contribution >= 0.6 is 11.6 Å². The second kappa shape index (κ2) is 8.20. The lowest BCUT2D eigenvalue weighted by Gasteiger charge is -2.03. The average Bonchev–Trinajstić information content (AvgIpc) is 3.47. The van der Waals surface area contributed by atoms with Crippen LogP contribution in [0, 0.1) is 0 Å². The van der Waals surface area contributed by atoms with E-state index < -0.39 is 0 Å². The minimum Gasteiger partial charge on any atom is -0.497 e. The Hall–Kier alpha value is -4.10. The Labute approximate surface area is 188 Å². The number of fused-ring (bicyclic) bond motifs is 1. The van der Waals surface area contributed by atoms with Gasteiger partial charge in [-0.25, -0.2) is 0 Å². The van der Waals surface area contributed by atoms with Gasteiger partial charge in [-0.2, -0.15) is 4.80 Å². The number of amides is 1. The predicted octanol–water partition coefficient (Wildman–Crippen LogP) is 5.59. The molecule has 0 aliphatic carbocycles. The van der Waals surface area contributed by atoms with Crippen LogP contribution in [0.25, 0.3) is 28.0 Å². The molecule has 0 spiro atoms. The Morgan fingerprint density at radius 3 is 2.44 bits per heavy atom. The zero-order chi connectivity index (χ0) is 22.1. The van der Waals surface area contributed by atoms with E-state index in [-0.39, 0.29) is 11.7 Å². The molecule has 0 aliphatic rings. The number of carbonyl (C=O) groups excluding carboxylic acids is 1. The van der Waals surface area contributed by atoms with Gasteiger partial charge in [0.15, 0.2) is 5.76 Å². The van der Waals surface area contributed by atoms with Crippen LogP contribution in [0.15, 0.2) is 83.3 Å². The van der Waals surface area contributed by atoms with Crippen LogP contribution in [0.2, 0.25) is 5.02 Å². The van der Waals surface area contributed by atoms with E-state index in [9.17, 15) is 4.79 Å². The second-order valence-electron chi connectivity index (χ2n) is 7.02. The lowest BCUT2D eigenvalue weighted by Crippen LogP contribution is -2.10. The van der Waals surface area contributed by atoms with Crippen molar-refractivity contribution in [3.05, 3.63) is 89.6 Å². The number of nitrogens with one attached hydrogen (secondary N) is 1. The van der Waals surface area contributed by atoms with Gasteiger partial charge in [0.2, 0.25) is 0 Å². The van der Waals surface area contributed by atoms with Crippen LogP contribution in [-0.4, -0.2) is 28.0 Å². The number of halogens is 1. The van der Waals surface area contributed by atoms with Crippen LogP contribution < -0.4 is 10.1 Å². The summed E-state index contributed by atoms with van der Waals surface area (Å²) in [5.41, 5.74) is 3.60. The van der Waals surface area contributed by atoms with Crippen molar-refractivity contribution in [2.45, 2.75) is 0 Å². The SMILES string of the molecule is COc1ccc(-n2nc3ccc(NC(=O)c4ccc(-c5ccc(Cl)cc5)o4)cc3n2)cc1. The first-order chi connectivity index (χ1) is 15.6. The quantitative estimate of drug-likeness (QED) is 0.382. The first kappa shape index (κ1) is 19.8. The highest BCUT2D eigenvalue weighted by atomic mass is 35.5. The van der Waals surface area contributed by atoms with Gasteiger partial charge in [-0.15, -0.1) is 10.2 Å². The first-order valence-corrected chi connectivity index (χ1v) is 10.2. The van der Waals surface area contributed by atoms with Crippen molar-refractivity contribution in [1.29, 1.82) is 0 Å². The zero-order valence-corrected chi connectivity index (χ0v) is 17.7. The van der Waals surface area contributed by atoms with Gasteiger partial charge in [-0.05, 0) is 78.9 Å². The molecule has 8 heteroatoms. The average molecular weight is 445 g/mol. The number of ether oxygens (including phenoxy) is 1. The van der Waals surface area contributed by atoms with E-state index in [2.05, 4.69) is 15.5 Å². The predicted molar refractivity (Wildman–Crippen MR) is 123 cm³/mol. The monoisotopic (exact) mass is 444 g/mol. The third kappa shape index (κ3) is 3.93. The van der Waals surface area contributed by atoms with Crippen LogP contribution in [0.5, 0.6) is 5.75 Å². The fraction of sp³-hybridized carbons (Fsp3) is 0.0417. The van der Waals surface area contributed by atoms with E-state index in [0.717, 1.165) is 17.0 Å². The number of rotatable bonds is 5. The minimum atomic E-state index is -0.355. The molecule has 0 unspecified atom stereocenters. The van der Waals surface area contributed by atoms with Gasteiger partial charge in [-0.3, -0.25) is 4.79 Å². The molecule has 0 aliphatic heterocycles. The smallest absolute Gasteiger partial charge is 0.291 e. The molecule has 0 saturated carbocycles. The van der Waals surface area contributed by atoms with Gasteiger partial charge in [0, 0.05) is 16.3 Å². The molecule has 0 saturated heterocycles. The number of benzene rings is 3. The Bertz CT molecular complexity index is 1410. The summed E-state index contributed by atoms with van der Waals surface area (Å²) in [6.07, 6.45) is 0. The van der Waals surface area contributed by atoms with Crippen molar-refractivity contribution in [2.75, 3.05) is 12.4 Å². The number of aromatic nitrogens is 3. The Morgan fingerprint density at radius 2 is 1.69 bits per heavy atom. The highest BCUT2D eigenvalue weighted by Gasteiger charge is 2.14. The molecule has 0 atom stereocenters. The summed E-state index contributed by atoms with van der Waals surface area (Å²) in [5.74, 6) is 1.20. The molecule has 5 rings (SSSR count). The van der Waals surface area contributed by atoms with Crippen molar-refractivity contribution < 1.29 is 13.9 Å². The normalized spacial score (nSPS) is 10.9. The molecular weight excluding hydrogens is 428 g/mol. The number of hydrogen-bond acceptors (Lipinski definition) is 5. The number of nitrogens with zero attached hydrogens (tertiary/aromatic N) is 3. The topological polar surface area (TPSA) is 82.2 Å². The van der Waals surface area contributed by atoms with Crippen molar-refractivity contribution in [3.63, 3.8) is 0 Å². The van der Waals surface area contributed by atoms with Gasteiger partial charge < -0.3 is 14.5 Å². The molecule has 1 N–H and O–H groups in total. The molecule has 0 fully saturated rings. The van der Waals surface area contributed by atoms with Gasteiger partial charge in [0.25, 0.3) is 5.91 Å². The number of anilines is 1. The molecular formula is C24H17ClN4O3. The van der Waals surface area contributed by atoms with Crippen molar-refractivity contribution in [2.24, 2.45) is 0 Å². The summed E-state index contributed by atoms with van der Waals surface area (Å²) in [6, 6.07) is 23.4. The molecule has 7 nitrogen and oxygen atoms in total. The molecule has 5 aromatic rings. The summed E-state index contributed by atoms with van der Waals surface area (Å²) in [7, 11) is 1.62. The third-order valence-corrected chi connectivity index (χ3v) is 5.15. The molecule has 3 aromatic carbocycles. The van der Waals surface area contributed by atoms with Crippen molar-refractivity contribution in [1.82, 2.24) is 15.0 Å². The van der Waals surface area contributed by atoms with Crippen LogP contribution in [0.3, 0.4) is 0 Å². The van der Waals surface area contributed by atoms with Gasteiger partial charge in [0.1, 0.15) is 22.5 Å². The van der Waals surface area contributed by atoms with Gasteiger partial charge >= 0.3 is 0 Å². The Morgan fingerprint density at radius 1 is 0.938 bits per heavy atom. The fourth-order valence-corrected chi connectivity index (χ4v) is 3.37. The molecule has 2 heterocycles. The summed E-state index contributed by atoms with van der Waals surface area (Å²) in [5, 5.41) is 12.5. The van der Waals surface area contributed by atoms with E-state index in [4.69, 9.17) is 20.8 Å².